The number of carbonyl (C=O) groups is 2. The lowest BCUT2D eigenvalue weighted by Gasteiger charge is -2.11. The second kappa shape index (κ2) is 9.85. The van der Waals surface area contributed by atoms with E-state index in [-0.39, 0.29) is 18.7 Å². The van der Waals surface area contributed by atoms with E-state index in [1.807, 2.05) is 0 Å². The van der Waals surface area contributed by atoms with E-state index in [0.29, 0.717) is 25.7 Å². The number of rotatable bonds is 10. The van der Waals surface area contributed by atoms with Crippen LogP contribution in [0.3, 0.4) is 0 Å². The van der Waals surface area contributed by atoms with E-state index in [2.05, 4.69) is 19.2 Å². The minimum Gasteiger partial charge on any atom is -0.481 e. The maximum absolute atomic E-state index is 11.4. The van der Waals surface area contributed by atoms with Crippen LogP contribution in [0.1, 0.15) is 33.1 Å². The van der Waals surface area contributed by atoms with Gasteiger partial charge < -0.3 is 20.9 Å². The molecule has 0 aromatic rings. The molecule has 0 heterocycles. The van der Waals surface area contributed by atoms with Gasteiger partial charge in [-0.05, 0) is 18.8 Å². The van der Waals surface area contributed by atoms with Gasteiger partial charge in [-0.3, -0.25) is 9.59 Å². The average molecular weight is 260 g/mol. The zero-order valence-corrected chi connectivity index (χ0v) is 11.1. The highest BCUT2D eigenvalue weighted by Gasteiger charge is 2.13. The summed E-state index contributed by atoms with van der Waals surface area (Å²) < 4.78 is 5.36. The largest absolute Gasteiger partial charge is 0.481 e. The van der Waals surface area contributed by atoms with Gasteiger partial charge in [0, 0.05) is 26.2 Å². The number of hydrogen-bond donors (Lipinski definition) is 3. The summed E-state index contributed by atoms with van der Waals surface area (Å²) in [5.74, 6) is -0.746. The maximum Gasteiger partial charge on any atom is 0.303 e. The van der Waals surface area contributed by atoms with Crippen molar-refractivity contribution in [3.8, 4) is 0 Å². The second-order valence-corrected chi connectivity index (χ2v) is 4.65. The zero-order chi connectivity index (χ0) is 14.0. The van der Waals surface area contributed by atoms with Crippen molar-refractivity contribution in [3.63, 3.8) is 0 Å². The van der Waals surface area contributed by atoms with Crippen LogP contribution < -0.4 is 11.1 Å². The molecular formula is C12H24N2O4. The minimum absolute atomic E-state index is 0.0912. The molecule has 0 aliphatic heterocycles. The number of carboxylic acid groups (broad SMARTS) is 1. The Morgan fingerprint density at radius 3 is 2.61 bits per heavy atom. The standard InChI is InChI=1S/C12H24N2O4/c1-9(2)8-18-7-3-6-14-12(17)10(13)4-5-11(15)16/h9-10H,3-8,13H2,1-2H3,(H,14,17)(H,15,16). The lowest BCUT2D eigenvalue weighted by molar-refractivity contribution is -0.137. The van der Waals surface area contributed by atoms with E-state index in [0.717, 1.165) is 6.42 Å². The summed E-state index contributed by atoms with van der Waals surface area (Å²) in [5, 5.41) is 11.1. The molecule has 1 unspecified atom stereocenters. The fraction of sp³-hybridized carbons (Fsp3) is 0.833. The molecule has 0 spiro atoms. The van der Waals surface area contributed by atoms with Gasteiger partial charge in [-0.25, -0.2) is 0 Å². The van der Waals surface area contributed by atoms with Gasteiger partial charge in [0.1, 0.15) is 0 Å². The Labute approximate surface area is 108 Å². The molecule has 0 fully saturated rings. The van der Waals surface area contributed by atoms with E-state index in [4.69, 9.17) is 15.6 Å². The first-order chi connectivity index (χ1) is 8.43. The van der Waals surface area contributed by atoms with E-state index < -0.39 is 12.0 Å². The van der Waals surface area contributed by atoms with Crippen molar-refractivity contribution in [2.75, 3.05) is 19.8 Å². The van der Waals surface area contributed by atoms with Gasteiger partial charge in [-0.15, -0.1) is 0 Å². The van der Waals surface area contributed by atoms with Crippen molar-refractivity contribution < 1.29 is 19.4 Å². The third-order valence-corrected chi connectivity index (χ3v) is 2.22. The normalized spacial score (nSPS) is 12.4. The summed E-state index contributed by atoms with van der Waals surface area (Å²) in [6.45, 7) is 5.96. The van der Waals surface area contributed by atoms with Crippen molar-refractivity contribution >= 4 is 11.9 Å². The van der Waals surface area contributed by atoms with Gasteiger partial charge in [0.2, 0.25) is 5.91 Å². The first-order valence-electron chi connectivity index (χ1n) is 6.26. The van der Waals surface area contributed by atoms with Crippen molar-refractivity contribution in [2.24, 2.45) is 11.7 Å². The van der Waals surface area contributed by atoms with Gasteiger partial charge >= 0.3 is 5.97 Å². The van der Waals surface area contributed by atoms with Gasteiger partial charge in [0.15, 0.2) is 0 Å². The van der Waals surface area contributed by atoms with Crippen LogP contribution in [0.5, 0.6) is 0 Å². The molecule has 0 saturated carbocycles. The van der Waals surface area contributed by atoms with Crippen LogP contribution in [0, 0.1) is 5.92 Å². The van der Waals surface area contributed by atoms with Gasteiger partial charge in [-0.1, -0.05) is 13.8 Å². The highest BCUT2D eigenvalue weighted by atomic mass is 16.5. The summed E-state index contributed by atoms with van der Waals surface area (Å²) in [5.41, 5.74) is 5.54. The molecule has 0 aromatic heterocycles. The average Bonchev–Trinajstić information content (AvgIpc) is 2.29. The fourth-order valence-corrected chi connectivity index (χ4v) is 1.25. The lowest BCUT2D eigenvalue weighted by atomic mass is 10.1. The molecule has 4 N–H and O–H groups in total. The molecule has 0 bridgehead atoms. The molecule has 6 heteroatoms. The number of carbonyl (C=O) groups excluding carboxylic acids is 1. The first-order valence-corrected chi connectivity index (χ1v) is 6.26. The van der Waals surface area contributed by atoms with Crippen LogP contribution in [0.25, 0.3) is 0 Å². The van der Waals surface area contributed by atoms with Crippen molar-refractivity contribution in [1.82, 2.24) is 5.32 Å². The Bertz CT molecular complexity index is 256. The number of nitrogens with one attached hydrogen (secondary N) is 1. The zero-order valence-electron chi connectivity index (χ0n) is 11.1. The molecule has 0 aliphatic carbocycles. The molecular weight excluding hydrogens is 236 g/mol. The van der Waals surface area contributed by atoms with Gasteiger partial charge in [0.25, 0.3) is 0 Å². The van der Waals surface area contributed by atoms with Crippen molar-refractivity contribution in [3.05, 3.63) is 0 Å². The molecule has 1 atom stereocenters. The topological polar surface area (TPSA) is 102 Å². The third kappa shape index (κ3) is 10.0. The molecule has 18 heavy (non-hydrogen) atoms. The SMILES string of the molecule is CC(C)COCCCNC(=O)C(N)CCC(=O)O. The van der Waals surface area contributed by atoms with Crippen LogP contribution in [-0.2, 0) is 14.3 Å². The quantitative estimate of drug-likeness (QED) is 0.492. The summed E-state index contributed by atoms with van der Waals surface area (Å²) in [4.78, 5) is 21.7. The molecule has 0 radical (unpaired) electrons. The number of nitrogens with two attached hydrogens (primary N) is 1. The molecule has 106 valence electrons. The molecule has 0 aromatic carbocycles. The predicted molar refractivity (Wildman–Crippen MR) is 68.1 cm³/mol. The number of ether oxygens (including phenoxy) is 1. The predicted octanol–water partition coefficient (Wildman–Crippen LogP) is 0.357. The van der Waals surface area contributed by atoms with E-state index in [9.17, 15) is 9.59 Å². The Balaban J connectivity index is 3.49. The Kier molecular flexibility index (Phi) is 9.22. The van der Waals surface area contributed by atoms with Gasteiger partial charge in [0.05, 0.1) is 6.04 Å². The van der Waals surface area contributed by atoms with Crippen LogP contribution in [-0.4, -0.2) is 42.8 Å². The highest BCUT2D eigenvalue weighted by Crippen LogP contribution is 1.95. The van der Waals surface area contributed by atoms with Crippen LogP contribution in [0.4, 0.5) is 0 Å². The number of hydrogen-bond acceptors (Lipinski definition) is 4. The van der Waals surface area contributed by atoms with Crippen LogP contribution in [0.2, 0.25) is 0 Å². The smallest absolute Gasteiger partial charge is 0.303 e. The number of amides is 1. The van der Waals surface area contributed by atoms with E-state index in [1.54, 1.807) is 0 Å². The summed E-state index contributed by atoms with van der Waals surface area (Å²) >= 11 is 0. The second-order valence-electron chi connectivity index (χ2n) is 4.65. The monoisotopic (exact) mass is 260 g/mol. The molecule has 0 rings (SSSR count). The third-order valence-electron chi connectivity index (χ3n) is 2.22. The molecule has 1 amide bonds. The van der Waals surface area contributed by atoms with Crippen molar-refractivity contribution in [2.45, 2.75) is 39.2 Å². The van der Waals surface area contributed by atoms with E-state index >= 15 is 0 Å². The fourth-order valence-electron chi connectivity index (χ4n) is 1.25. The number of aliphatic carboxylic acids is 1. The van der Waals surface area contributed by atoms with Crippen LogP contribution in [0.15, 0.2) is 0 Å². The van der Waals surface area contributed by atoms with E-state index in [1.165, 1.54) is 0 Å². The molecule has 6 nitrogen and oxygen atoms in total. The van der Waals surface area contributed by atoms with Crippen LogP contribution >= 0.6 is 0 Å². The highest BCUT2D eigenvalue weighted by molar-refractivity contribution is 5.82. The minimum atomic E-state index is -0.944. The lowest BCUT2D eigenvalue weighted by Crippen LogP contribution is -2.41. The number of carboxylic acids is 1. The molecule has 0 aliphatic rings. The summed E-state index contributed by atoms with van der Waals surface area (Å²) in [7, 11) is 0. The Morgan fingerprint density at radius 2 is 2.06 bits per heavy atom. The molecule has 0 saturated heterocycles. The summed E-state index contributed by atoms with van der Waals surface area (Å²) in [6.07, 6.45) is 0.793. The summed E-state index contributed by atoms with van der Waals surface area (Å²) in [6, 6.07) is -0.752. The van der Waals surface area contributed by atoms with Gasteiger partial charge in [-0.2, -0.15) is 0 Å². The maximum atomic E-state index is 11.4. The Hall–Kier alpha value is -1.14. The Morgan fingerprint density at radius 1 is 1.39 bits per heavy atom. The first kappa shape index (κ1) is 16.9. The van der Waals surface area contributed by atoms with Crippen molar-refractivity contribution in [1.29, 1.82) is 0 Å².